The van der Waals surface area contributed by atoms with E-state index in [-0.39, 0.29) is 11.3 Å². The van der Waals surface area contributed by atoms with Crippen molar-refractivity contribution in [2.45, 2.75) is 13.0 Å². The molecule has 1 saturated heterocycles. The van der Waals surface area contributed by atoms with Gasteiger partial charge in [0, 0.05) is 10.0 Å². The second-order valence-corrected chi connectivity index (χ2v) is 6.67. The molecule has 0 aromatic heterocycles. The molecule has 8 heteroatoms. The van der Waals surface area contributed by atoms with Crippen LogP contribution in [0.2, 0.25) is 0 Å². The largest absolute Gasteiger partial charge is 0.479 e. The Balaban J connectivity index is 1.96. The number of rotatable bonds is 5. The van der Waals surface area contributed by atoms with Gasteiger partial charge in [-0.2, -0.15) is 0 Å². The quantitative estimate of drug-likeness (QED) is 0.561. The fraction of sp³-hybridized carbons (Fsp3) is 0.105. The van der Waals surface area contributed by atoms with E-state index in [2.05, 4.69) is 21.4 Å². The van der Waals surface area contributed by atoms with E-state index < -0.39 is 23.9 Å². The van der Waals surface area contributed by atoms with Gasteiger partial charge in [-0.3, -0.25) is 15.0 Å². The maximum Gasteiger partial charge on any atom is 0.344 e. The third-order valence-electron chi connectivity index (χ3n) is 3.83. The van der Waals surface area contributed by atoms with E-state index in [0.29, 0.717) is 15.7 Å². The van der Waals surface area contributed by atoms with Crippen LogP contribution in [0.25, 0.3) is 6.08 Å². The van der Waals surface area contributed by atoms with Gasteiger partial charge in [0.1, 0.15) is 11.3 Å². The van der Waals surface area contributed by atoms with Gasteiger partial charge in [0.25, 0.3) is 11.8 Å². The number of aliphatic carboxylic acids is 1. The number of nitrogens with zero attached hydrogens (tertiary/aromatic N) is 1. The molecule has 0 aliphatic carbocycles. The van der Waals surface area contributed by atoms with Gasteiger partial charge in [0.15, 0.2) is 6.10 Å². The highest BCUT2D eigenvalue weighted by atomic mass is 79.9. The Kier molecular flexibility index (Phi) is 5.27. The van der Waals surface area contributed by atoms with Crippen molar-refractivity contribution >= 4 is 45.5 Å². The molecule has 27 heavy (non-hydrogen) atoms. The first-order valence-corrected chi connectivity index (χ1v) is 8.77. The van der Waals surface area contributed by atoms with Crippen molar-refractivity contribution < 1.29 is 24.2 Å². The maximum absolute atomic E-state index is 12.7. The average molecular weight is 431 g/mol. The first kappa shape index (κ1) is 18.7. The number of hydrogen-bond donors (Lipinski definition) is 2. The average Bonchev–Trinajstić information content (AvgIpc) is 2.92. The lowest BCUT2D eigenvalue weighted by molar-refractivity contribution is -0.144. The lowest BCUT2D eigenvalue weighted by atomic mass is 10.1. The molecule has 2 amide bonds. The van der Waals surface area contributed by atoms with Crippen molar-refractivity contribution in [3.63, 3.8) is 0 Å². The number of carbonyl (C=O) groups is 3. The molecule has 2 N–H and O–H groups in total. The Morgan fingerprint density at radius 2 is 1.93 bits per heavy atom. The second-order valence-electron chi connectivity index (χ2n) is 5.76. The van der Waals surface area contributed by atoms with E-state index in [1.54, 1.807) is 48.5 Å². The summed E-state index contributed by atoms with van der Waals surface area (Å²) in [6.45, 7) is 1.39. The summed E-state index contributed by atoms with van der Waals surface area (Å²) in [6, 6.07) is 13.6. The molecule has 2 aromatic rings. The smallest absolute Gasteiger partial charge is 0.344 e. The summed E-state index contributed by atoms with van der Waals surface area (Å²) in [6.07, 6.45) is 0.298. The number of hydrogen-bond acceptors (Lipinski definition) is 4. The third kappa shape index (κ3) is 4.01. The molecule has 0 saturated carbocycles. The number of benzene rings is 2. The monoisotopic (exact) mass is 430 g/mol. The van der Waals surface area contributed by atoms with Gasteiger partial charge in [-0.15, -0.1) is 0 Å². The van der Waals surface area contributed by atoms with Crippen LogP contribution in [0.3, 0.4) is 0 Å². The summed E-state index contributed by atoms with van der Waals surface area (Å²) in [4.78, 5) is 36.0. The summed E-state index contributed by atoms with van der Waals surface area (Å²) in [5, 5.41) is 10.2. The first-order valence-electron chi connectivity index (χ1n) is 7.98. The SMILES string of the molecule is CC(Oc1ccc(Br)cc1C=C1C(=O)NN(c2ccccc2)C1=O)C(=O)O. The molecule has 3 rings (SSSR count). The standard InChI is InChI=1S/C19H15BrN2O5/c1-11(19(25)26)27-16-8-7-13(20)9-12(16)10-15-17(23)21-22(18(15)24)14-5-3-2-4-6-14/h2-11H,1H3,(H,21,23)(H,25,26). The number of nitrogens with one attached hydrogen (secondary N) is 1. The molecule has 1 unspecified atom stereocenters. The van der Waals surface area contributed by atoms with Crippen LogP contribution in [0.15, 0.2) is 58.6 Å². The van der Waals surface area contributed by atoms with E-state index >= 15 is 0 Å². The zero-order chi connectivity index (χ0) is 19.6. The molecule has 138 valence electrons. The Bertz CT molecular complexity index is 942. The molecule has 1 aliphatic rings. The van der Waals surface area contributed by atoms with Crippen LogP contribution in [-0.2, 0) is 14.4 Å². The van der Waals surface area contributed by atoms with Gasteiger partial charge in [0.2, 0.25) is 0 Å². The third-order valence-corrected chi connectivity index (χ3v) is 4.32. The number of halogens is 1. The molecular weight excluding hydrogens is 416 g/mol. The Morgan fingerprint density at radius 3 is 2.59 bits per heavy atom. The minimum atomic E-state index is -1.12. The van der Waals surface area contributed by atoms with Crippen LogP contribution >= 0.6 is 15.9 Å². The van der Waals surface area contributed by atoms with Crippen LogP contribution < -0.4 is 15.2 Å². The number of amides is 2. The molecule has 1 atom stereocenters. The van der Waals surface area contributed by atoms with Gasteiger partial charge in [0.05, 0.1) is 5.69 Å². The Morgan fingerprint density at radius 1 is 1.22 bits per heavy atom. The van der Waals surface area contributed by atoms with Gasteiger partial charge < -0.3 is 9.84 Å². The minimum absolute atomic E-state index is 0.0789. The number of carboxylic acids is 1. The van der Waals surface area contributed by atoms with E-state index in [9.17, 15) is 14.4 Å². The van der Waals surface area contributed by atoms with E-state index in [1.807, 2.05) is 0 Å². The fourth-order valence-corrected chi connectivity index (χ4v) is 2.83. The lowest BCUT2D eigenvalue weighted by Crippen LogP contribution is -2.35. The first-order chi connectivity index (χ1) is 12.9. The molecule has 7 nitrogen and oxygen atoms in total. The highest BCUT2D eigenvalue weighted by Crippen LogP contribution is 2.28. The summed E-state index contributed by atoms with van der Waals surface area (Å²) in [7, 11) is 0. The van der Waals surface area contributed by atoms with E-state index in [0.717, 1.165) is 5.01 Å². The zero-order valence-corrected chi connectivity index (χ0v) is 15.8. The van der Waals surface area contributed by atoms with Crippen LogP contribution in [0.1, 0.15) is 12.5 Å². The molecule has 0 bridgehead atoms. The van der Waals surface area contributed by atoms with Crippen molar-refractivity contribution in [1.29, 1.82) is 0 Å². The van der Waals surface area contributed by atoms with Crippen LogP contribution in [0.5, 0.6) is 5.75 Å². The topological polar surface area (TPSA) is 95.9 Å². The molecule has 0 radical (unpaired) electrons. The van der Waals surface area contributed by atoms with Crippen LogP contribution in [0, 0.1) is 0 Å². The highest BCUT2D eigenvalue weighted by Gasteiger charge is 2.34. The van der Waals surface area contributed by atoms with Gasteiger partial charge in [-0.1, -0.05) is 34.1 Å². The van der Waals surface area contributed by atoms with Crippen molar-refractivity contribution in [3.8, 4) is 5.75 Å². The summed E-state index contributed by atoms with van der Waals surface area (Å²) < 4.78 is 6.12. The molecule has 1 heterocycles. The molecule has 2 aromatic carbocycles. The zero-order valence-electron chi connectivity index (χ0n) is 14.2. The van der Waals surface area contributed by atoms with Crippen molar-refractivity contribution in [1.82, 2.24) is 5.43 Å². The highest BCUT2D eigenvalue weighted by molar-refractivity contribution is 9.10. The predicted molar refractivity (Wildman–Crippen MR) is 102 cm³/mol. The molecule has 0 spiro atoms. The number of carboxylic acid groups (broad SMARTS) is 1. The molecular formula is C19H15BrN2O5. The minimum Gasteiger partial charge on any atom is -0.479 e. The van der Waals surface area contributed by atoms with Crippen LogP contribution in [-0.4, -0.2) is 29.0 Å². The number of ether oxygens (including phenoxy) is 1. The Hall–Kier alpha value is -3.13. The van der Waals surface area contributed by atoms with Crippen molar-refractivity contribution in [2.24, 2.45) is 0 Å². The van der Waals surface area contributed by atoms with Crippen LogP contribution in [0.4, 0.5) is 5.69 Å². The van der Waals surface area contributed by atoms with Gasteiger partial charge in [-0.05, 0) is 43.3 Å². The Labute approximate surface area is 163 Å². The normalized spacial score (nSPS) is 16.4. The van der Waals surface area contributed by atoms with Gasteiger partial charge >= 0.3 is 5.97 Å². The van der Waals surface area contributed by atoms with Crippen molar-refractivity contribution in [2.75, 3.05) is 5.01 Å². The van der Waals surface area contributed by atoms with Crippen molar-refractivity contribution in [3.05, 3.63) is 64.1 Å². The van der Waals surface area contributed by atoms with E-state index in [4.69, 9.17) is 9.84 Å². The predicted octanol–water partition coefficient (Wildman–Crippen LogP) is 2.76. The lowest BCUT2D eigenvalue weighted by Gasteiger charge is -2.14. The number of hydrazine groups is 1. The number of anilines is 1. The van der Waals surface area contributed by atoms with Gasteiger partial charge in [-0.25, -0.2) is 9.80 Å². The van der Waals surface area contributed by atoms with E-state index in [1.165, 1.54) is 13.0 Å². The summed E-state index contributed by atoms with van der Waals surface area (Å²) in [5.74, 6) is -1.94. The summed E-state index contributed by atoms with van der Waals surface area (Å²) >= 11 is 3.32. The fourth-order valence-electron chi connectivity index (χ4n) is 2.45. The number of para-hydroxylation sites is 1. The number of carbonyl (C=O) groups excluding carboxylic acids is 2. The summed E-state index contributed by atoms with van der Waals surface area (Å²) in [5.41, 5.74) is 3.37. The molecule has 1 aliphatic heterocycles. The maximum atomic E-state index is 12.7. The molecule has 1 fully saturated rings. The second kappa shape index (κ2) is 7.63.